The fourth-order valence-corrected chi connectivity index (χ4v) is 1.08. The Hall–Kier alpha value is -0.0251. The van der Waals surface area contributed by atoms with Gasteiger partial charge in [0.05, 0.1) is 7.85 Å². The van der Waals surface area contributed by atoms with Gasteiger partial charge in [-0.1, -0.05) is 0 Å². The summed E-state index contributed by atoms with van der Waals surface area (Å²) < 4.78 is 19.7. The highest BCUT2D eigenvalue weighted by Crippen LogP contribution is 2.37. The minimum absolute atomic E-state index is 0.506. The van der Waals surface area contributed by atoms with Crippen LogP contribution in [0.5, 0.6) is 0 Å². The maximum absolute atomic E-state index is 10.4. The van der Waals surface area contributed by atoms with Gasteiger partial charge in [0.15, 0.2) is 0 Å². The first-order valence-corrected chi connectivity index (χ1v) is 3.82. The van der Waals surface area contributed by atoms with Gasteiger partial charge in [-0.05, 0) is 12.8 Å². The van der Waals surface area contributed by atoms with Gasteiger partial charge in [0, 0.05) is 4.65 Å². The Morgan fingerprint density at radius 1 is 1.50 bits per heavy atom. The molecule has 0 spiro atoms. The molecular formula is C3H6BNO2S. The lowest BCUT2D eigenvalue weighted by molar-refractivity contribution is 0.593. The van der Waals surface area contributed by atoms with Gasteiger partial charge in [-0.2, -0.15) is 0 Å². The summed E-state index contributed by atoms with van der Waals surface area (Å²) >= 11 is 0. The average Bonchev–Trinajstić information content (AvgIpc) is 2.16. The maximum atomic E-state index is 10.4. The van der Waals surface area contributed by atoms with E-state index in [1.165, 1.54) is 0 Å². The van der Waals surface area contributed by atoms with Crippen LogP contribution in [0.4, 0.5) is 0 Å². The molecule has 0 unspecified atom stereocenters. The summed E-state index contributed by atoms with van der Waals surface area (Å²) in [6, 6.07) is 0. The molecule has 5 heteroatoms. The van der Waals surface area contributed by atoms with Crippen LogP contribution < -0.4 is 5.14 Å². The molecule has 0 aromatic rings. The number of hydrogen-bond donors (Lipinski definition) is 1. The molecule has 0 aromatic heterocycles. The largest absolute Gasteiger partial charge is 0.229 e. The highest BCUT2D eigenvalue weighted by Gasteiger charge is 2.47. The van der Waals surface area contributed by atoms with Crippen LogP contribution in [0.1, 0.15) is 12.8 Å². The van der Waals surface area contributed by atoms with E-state index in [0.29, 0.717) is 12.8 Å². The molecule has 3 nitrogen and oxygen atoms in total. The topological polar surface area (TPSA) is 60.2 Å². The second-order valence-corrected chi connectivity index (χ2v) is 4.01. The van der Waals surface area contributed by atoms with E-state index in [1.54, 1.807) is 0 Å². The van der Waals surface area contributed by atoms with Gasteiger partial charge < -0.3 is 0 Å². The van der Waals surface area contributed by atoms with Gasteiger partial charge in [-0.3, -0.25) is 0 Å². The van der Waals surface area contributed by atoms with Crippen LogP contribution in [0, 0.1) is 0 Å². The van der Waals surface area contributed by atoms with Gasteiger partial charge in [0.25, 0.3) is 0 Å². The fraction of sp³-hybridized carbons (Fsp3) is 1.00. The highest BCUT2D eigenvalue weighted by atomic mass is 32.2. The summed E-state index contributed by atoms with van der Waals surface area (Å²) in [5.74, 6) is 0. The molecule has 1 saturated carbocycles. The quantitative estimate of drug-likeness (QED) is 0.460. The van der Waals surface area contributed by atoms with Gasteiger partial charge in [0.1, 0.15) is 0 Å². The van der Waals surface area contributed by atoms with Crippen LogP contribution in [-0.2, 0) is 10.0 Å². The zero-order valence-corrected chi connectivity index (χ0v) is 5.11. The Morgan fingerprint density at radius 2 is 1.88 bits per heavy atom. The number of rotatable bonds is 1. The van der Waals surface area contributed by atoms with Crippen molar-refractivity contribution in [2.75, 3.05) is 0 Å². The van der Waals surface area contributed by atoms with E-state index in [4.69, 9.17) is 13.0 Å². The highest BCUT2D eigenvalue weighted by molar-refractivity contribution is 7.92. The fourth-order valence-electron chi connectivity index (χ4n) is 0.408. The summed E-state index contributed by atoms with van der Waals surface area (Å²) in [5.41, 5.74) is 0. The smallest absolute Gasteiger partial charge is 0.206 e. The lowest BCUT2D eigenvalue weighted by Gasteiger charge is -2.01. The Balaban J connectivity index is 2.90. The molecule has 1 aliphatic carbocycles. The maximum Gasteiger partial charge on any atom is 0.206 e. The lowest BCUT2D eigenvalue weighted by atomic mass is 10.0. The average molecular weight is 131 g/mol. The minimum Gasteiger partial charge on any atom is -0.229 e. The van der Waals surface area contributed by atoms with Gasteiger partial charge in [-0.15, -0.1) is 0 Å². The molecule has 0 aromatic carbocycles. The summed E-state index contributed by atoms with van der Waals surface area (Å²) in [4.78, 5) is 0. The molecule has 1 rings (SSSR count). The summed E-state index contributed by atoms with van der Waals surface area (Å²) in [6.45, 7) is 0. The molecule has 0 bridgehead atoms. The van der Waals surface area contributed by atoms with Crippen molar-refractivity contribution in [1.29, 1.82) is 0 Å². The molecule has 0 saturated heterocycles. The third kappa shape index (κ3) is 0.757. The molecule has 0 amide bonds. The minimum atomic E-state index is -3.45. The van der Waals surface area contributed by atoms with Crippen molar-refractivity contribution < 1.29 is 8.42 Å². The second kappa shape index (κ2) is 1.27. The molecular weight excluding hydrogens is 125 g/mol. The predicted molar refractivity (Wildman–Crippen MR) is 30.8 cm³/mol. The number of sulfonamides is 1. The van der Waals surface area contributed by atoms with E-state index >= 15 is 0 Å². The van der Waals surface area contributed by atoms with E-state index in [2.05, 4.69) is 0 Å². The number of primary sulfonamides is 1. The predicted octanol–water partition coefficient (Wildman–Crippen LogP) is -1.07. The molecule has 44 valence electrons. The molecule has 2 radical (unpaired) electrons. The van der Waals surface area contributed by atoms with Gasteiger partial charge in [0.2, 0.25) is 10.0 Å². The molecule has 0 heterocycles. The van der Waals surface area contributed by atoms with Crippen molar-refractivity contribution in [3.8, 4) is 0 Å². The lowest BCUT2D eigenvalue weighted by Crippen LogP contribution is -2.30. The summed E-state index contributed by atoms with van der Waals surface area (Å²) in [7, 11) is 1.76. The summed E-state index contributed by atoms with van der Waals surface area (Å²) in [5, 5.41) is 4.72. The van der Waals surface area contributed by atoms with Crippen LogP contribution in [0.2, 0.25) is 0 Å². The molecule has 0 aliphatic heterocycles. The first-order valence-electron chi connectivity index (χ1n) is 2.27. The van der Waals surface area contributed by atoms with E-state index in [1.807, 2.05) is 0 Å². The zero-order chi connectivity index (χ0) is 6.41. The van der Waals surface area contributed by atoms with Crippen LogP contribution >= 0.6 is 0 Å². The van der Waals surface area contributed by atoms with Crippen molar-refractivity contribution in [2.24, 2.45) is 5.14 Å². The van der Waals surface area contributed by atoms with Crippen molar-refractivity contribution in [3.63, 3.8) is 0 Å². The Labute approximate surface area is 49.7 Å². The monoisotopic (exact) mass is 131 g/mol. The van der Waals surface area contributed by atoms with Gasteiger partial charge >= 0.3 is 0 Å². The van der Waals surface area contributed by atoms with Crippen molar-refractivity contribution in [2.45, 2.75) is 17.5 Å². The number of nitrogens with two attached hydrogens (primary N) is 1. The van der Waals surface area contributed by atoms with Crippen LogP contribution in [0.25, 0.3) is 0 Å². The molecule has 8 heavy (non-hydrogen) atoms. The van der Waals surface area contributed by atoms with Crippen LogP contribution in [-0.4, -0.2) is 20.9 Å². The van der Waals surface area contributed by atoms with Crippen molar-refractivity contribution in [1.82, 2.24) is 0 Å². The van der Waals surface area contributed by atoms with E-state index < -0.39 is 14.7 Å². The summed E-state index contributed by atoms with van der Waals surface area (Å²) in [6.07, 6.45) is 1.01. The molecule has 1 aliphatic rings. The van der Waals surface area contributed by atoms with Crippen molar-refractivity contribution in [3.05, 3.63) is 0 Å². The molecule has 1 fully saturated rings. The van der Waals surface area contributed by atoms with Crippen molar-refractivity contribution >= 4 is 17.9 Å². The van der Waals surface area contributed by atoms with E-state index in [9.17, 15) is 8.42 Å². The van der Waals surface area contributed by atoms with Crippen LogP contribution in [0.15, 0.2) is 0 Å². The van der Waals surface area contributed by atoms with Crippen LogP contribution in [0.3, 0.4) is 0 Å². The Kier molecular flexibility index (Phi) is 0.972. The SMILES string of the molecule is [B]C1(S(N)(=O)=O)CC1. The zero-order valence-electron chi connectivity index (χ0n) is 4.29. The third-order valence-corrected chi connectivity index (χ3v) is 2.85. The number of hydrogen-bond acceptors (Lipinski definition) is 2. The molecule has 0 atom stereocenters. The molecule has 2 N–H and O–H groups in total. The third-order valence-electron chi connectivity index (χ3n) is 1.31. The first kappa shape index (κ1) is 6.10. The van der Waals surface area contributed by atoms with E-state index in [-0.39, 0.29) is 0 Å². The van der Waals surface area contributed by atoms with Gasteiger partial charge in [-0.25, -0.2) is 13.6 Å². The standard InChI is InChI=1S/C3H6BNO2S/c4-3(1-2-3)8(5,6)7/h1-2H2,(H2,5,6,7). The van der Waals surface area contributed by atoms with E-state index in [0.717, 1.165) is 0 Å². The Bertz CT molecular complexity index is 193. The normalized spacial score (nSPS) is 25.1. The Morgan fingerprint density at radius 3 is 1.88 bits per heavy atom. The first-order chi connectivity index (χ1) is 3.46. The second-order valence-electron chi connectivity index (χ2n) is 2.11.